The predicted octanol–water partition coefficient (Wildman–Crippen LogP) is 0.705. The zero-order valence-corrected chi connectivity index (χ0v) is 16.2. The van der Waals surface area contributed by atoms with Crippen LogP contribution in [0.15, 0.2) is 12.2 Å². The van der Waals surface area contributed by atoms with Crippen LogP contribution in [-0.2, 0) is 23.9 Å². The molecule has 1 aliphatic heterocycles. The fourth-order valence-electron chi connectivity index (χ4n) is 2.42. The number of nitrogens with zero attached hydrogens (tertiary/aromatic N) is 1. The third-order valence-corrected chi connectivity index (χ3v) is 4.13. The second kappa shape index (κ2) is 9.80. The maximum Gasteiger partial charge on any atom is 0.253 e. The van der Waals surface area contributed by atoms with Crippen LogP contribution in [0.25, 0.3) is 0 Å². The van der Waals surface area contributed by atoms with Gasteiger partial charge in [-0.15, -0.1) is 0 Å². The Morgan fingerprint density at radius 1 is 1.12 bits per heavy atom. The molecular formula is C18H31N3O5. The van der Waals surface area contributed by atoms with E-state index in [9.17, 15) is 14.4 Å². The van der Waals surface area contributed by atoms with Crippen molar-refractivity contribution in [2.75, 3.05) is 26.5 Å². The molecule has 0 unspecified atom stereocenters. The van der Waals surface area contributed by atoms with Gasteiger partial charge in [0.05, 0.1) is 18.9 Å². The second-order valence-corrected chi connectivity index (χ2v) is 7.53. The molecule has 3 N–H and O–H groups in total. The van der Waals surface area contributed by atoms with Crippen LogP contribution in [0.4, 0.5) is 0 Å². The number of rotatable bonds is 12. The van der Waals surface area contributed by atoms with E-state index in [4.69, 9.17) is 15.2 Å². The van der Waals surface area contributed by atoms with Crippen LogP contribution in [0.5, 0.6) is 0 Å². The first-order chi connectivity index (χ1) is 12.1. The lowest BCUT2D eigenvalue weighted by Crippen LogP contribution is -2.46. The summed E-state index contributed by atoms with van der Waals surface area (Å²) in [4.78, 5) is 36.1. The van der Waals surface area contributed by atoms with Crippen LogP contribution in [0.3, 0.4) is 0 Å². The Hall–Kier alpha value is -1.77. The number of nitrogens with two attached hydrogens (primary N) is 1. The van der Waals surface area contributed by atoms with Crippen molar-refractivity contribution in [2.45, 2.75) is 58.1 Å². The number of hydrogen-bond acceptors (Lipinski definition) is 6. The first kappa shape index (κ1) is 22.3. The lowest BCUT2D eigenvalue weighted by molar-refractivity contribution is -0.137. The summed E-state index contributed by atoms with van der Waals surface area (Å²) in [6, 6.07) is 0. The molecule has 3 amide bonds. The molecule has 0 bridgehead atoms. The van der Waals surface area contributed by atoms with Crippen LogP contribution in [0, 0.1) is 0 Å². The van der Waals surface area contributed by atoms with Crippen LogP contribution in [0.1, 0.15) is 47.0 Å². The Morgan fingerprint density at radius 3 is 2.31 bits per heavy atom. The smallest absolute Gasteiger partial charge is 0.253 e. The molecule has 8 heteroatoms. The maximum atomic E-state index is 12.1. The van der Waals surface area contributed by atoms with E-state index in [1.807, 2.05) is 27.7 Å². The van der Waals surface area contributed by atoms with Gasteiger partial charge in [0, 0.05) is 37.3 Å². The highest BCUT2D eigenvalue weighted by Gasteiger charge is 2.26. The number of amides is 3. The largest absolute Gasteiger partial charge is 0.375 e. The van der Waals surface area contributed by atoms with Crippen LogP contribution in [-0.4, -0.2) is 60.3 Å². The van der Waals surface area contributed by atoms with Crippen molar-refractivity contribution >= 4 is 17.7 Å². The molecule has 1 rings (SSSR count). The summed E-state index contributed by atoms with van der Waals surface area (Å²) in [6.07, 6.45) is 3.85. The molecule has 0 spiro atoms. The lowest BCUT2D eigenvalue weighted by atomic mass is 10.00. The third kappa shape index (κ3) is 8.07. The van der Waals surface area contributed by atoms with Crippen LogP contribution in [0.2, 0.25) is 0 Å². The van der Waals surface area contributed by atoms with Gasteiger partial charge in [-0.1, -0.05) is 0 Å². The fourth-order valence-corrected chi connectivity index (χ4v) is 2.42. The van der Waals surface area contributed by atoms with Crippen molar-refractivity contribution in [3.8, 4) is 0 Å². The molecule has 148 valence electrons. The highest BCUT2D eigenvalue weighted by atomic mass is 16.5. The molecule has 1 aliphatic rings. The minimum Gasteiger partial charge on any atom is -0.375 e. The first-order valence-corrected chi connectivity index (χ1v) is 8.83. The van der Waals surface area contributed by atoms with Gasteiger partial charge in [-0.3, -0.25) is 19.3 Å². The van der Waals surface area contributed by atoms with Gasteiger partial charge >= 0.3 is 0 Å². The zero-order valence-electron chi connectivity index (χ0n) is 16.2. The van der Waals surface area contributed by atoms with E-state index in [0.717, 1.165) is 11.3 Å². The van der Waals surface area contributed by atoms with Gasteiger partial charge in [0.1, 0.15) is 0 Å². The molecule has 0 saturated carbocycles. The molecule has 0 aliphatic carbocycles. The molecule has 0 aromatic carbocycles. The average molecular weight is 369 g/mol. The SMILES string of the molecule is CC(C)(CCOC(C)(C)CCOCN)NC(=O)CCN1C(=O)C=CC1=O. The average Bonchev–Trinajstić information content (AvgIpc) is 2.83. The number of carbonyl (C=O) groups excluding carboxylic acids is 3. The standard InChI is InChI=1S/C18H31N3O5/c1-17(2,8-12-26-18(3,4)9-11-25-13-19)20-14(22)7-10-21-15(23)5-6-16(21)24/h5-6H,7-13,19H2,1-4H3,(H,20,22). The van der Waals surface area contributed by atoms with E-state index < -0.39 is 5.54 Å². The molecule has 0 aromatic heterocycles. The summed E-state index contributed by atoms with van der Waals surface area (Å²) >= 11 is 0. The molecule has 0 saturated heterocycles. The van der Waals surface area contributed by atoms with Crippen molar-refractivity contribution < 1.29 is 23.9 Å². The summed E-state index contributed by atoms with van der Waals surface area (Å²) in [7, 11) is 0. The molecule has 0 fully saturated rings. The highest BCUT2D eigenvalue weighted by Crippen LogP contribution is 2.17. The second-order valence-electron chi connectivity index (χ2n) is 7.53. The van der Waals surface area contributed by atoms with Crippen LogP contribution >= 0.6 is 0 Å². The van der Waals surface area contributed by atoms with Crippen molar-refractivity contribution in [3.05, 3.63) is 12.2 Å². The molecule has 1 heterocycles. The molecule has 0 radical (unpaired) electrons. The van der Waals surface area contributed by atoms with Gasteiger partial charge in [-0.2, -0.15) is 0 Å². The van der Waals surface area contributed by atoms with E-state index in [2.05, 4.69) is 5.32 Å². The normalized spacial score (nSPS) is 15.0. The van der Waals surface area contributed by atoms with Gasteiger partial charge in [0.25, 0.3) is 11.8 Å². The molecule has 26 heavy (non-hydrogen) atoms. The number of imide groups is 1. The fraction of sp³-hybridized carbons (Fsp3) is 0.722. The Balaban J connectivity index is 2.30. The molecule has 0 aromatic rings. The number of carbonyl (C=O) groups is 3. The van der Waals surface area contributed by atoms with E-state index >= 15 is 0 Å². The van der Waals surface area contributed by atoms with Gasteiger partial charge in [0.2, 0.25) is 5.91 Å². The molecule has 8 nitrogen and oxygen atoms in total. The summed E-state index contributed by atoms with van der Waals surface area (Å²) in [5.41, 5.74) is 4.50. The Morgan fingerprint density at radius 2 is 1.73 bits per heavy atom. The predicted molar refractivity (Wildman–Crippen MR) is 97.0 cm³/mol. The number of nitrogens with one attached hydrogen (secondary N) is 1. The minimum atomic E-state index is -0.460. The topological polar surface area (TPSA) is 111 Å². The van der Waals surface area contributed by atoms with Crippen LogP contribution < -0.4 is 11.1 Å². The van der Waals surface area contributed by atoms with E-state index in [0.29, 0.717) is 19.6 Å². The van der Waals surface area contributed by atoms with Gasteiger partial charge < -0.3 is 20.5 Å². The molecule has 0 atom stereocenters. The third-order valence-electron chi connectivity index (χ3n) is 4.13. The monoisotopic (exact) mass is 369 g/mol. The summed E-state index contributed by atoms with van der Waals surface area (Å²) in [5, 5.41) is 2.92. The highest BCUT2D eigenvalue weighted by molar-refractivity contribution is 6.13. The van der Waals surface area contributed by atoms with Gasteiger partial charge in [-0.05, 0) is 40.5 Å². The first-order valence-electron chi connectivity index (χ1n) is 8.83. The minimum absolute atomic E-state index is 0.0748. The van der Waals surface area contributed by atoms with Crippen molar-refractivity contribution in [2.24, 2.45) is 5.73 Å². The number of hydrogen-bond donors (Lipinski definition) is 2. The van der Waals surface area contributed by atoms with Gasteiger partial charge in [-0.25, -0.2) is 0 Å². The summed E-state index contributed by atoms with van der Waals surface area (Å²) in [6.45, 7) is 9.07. The van der Waals surface area contributed by atoms with E-state index in [1.165, 1.54) is 12.2 Å². The van der Waals surface area contributed by atoms with E-state index in [1.54, 1.807) is 0 Å². The van der Waals surface area contributed by atoms with Crippen molar-refractivity contribution in [1.29, 1.82) is 0 Å². The maximum absolute atomic E-state index is 12.1. The summed E-state index contributed by atoms with van der Waals surface area (Å²) in [5.74, 6) is -0.967. The number of ether oxygens (including phenoxy) is 2. The Labute approximate surface area is 155 Å². The van der Waals surface area contributed by atoms with Crippen molar-refractivity contribution in [1.82, 2.24) is 10.2 Å². The lowest BCUT2D eigenvalue weighted by Gasteiger charge is -2.30. The zero-order chi connectivity index (χ0) is 19.8. The Bertz CT molecular complexity index is 525. The van der Waals surface area contributed by atoms with E-state index in [-0.39, 0.29) is 43.0 Å². The summed E-state index contributed by atoms with van der Waals surface area (Å²) < 4.78 is 11.0. The quantitative estimate of drug-likeness (QED) is 0.298. The van der Waals surface area contributed by atoms with Gasteiger partial charge in [0.15, 0.2) is 0 Å². The molecular weight excluding hydrogens is 338 g/mol. The Kier molecular flexibility index (Phi) is 8.39. The van der Waals surface area contributed by atoms with Crippen molar-refractivity contribution in [3.63, 3.8) is 0 Å².